The number of benzene rings is 1. The third-order valence-electron chi connectivity index (χ3n) is 6.50. The summed E-state index contributed by atoms with van der Waals surface area (Å²) in [6.45, 7) is 3.06. The smallest absolute Gasteiger partial charge is 0.341 e. The van der Waals surface area contributed by atoms with Crippen LogP contribution in [0.2, 0.25) is 0 Å². The molecule has 0 bridgehead atoms. The van der Waals surface area contributed by atoms with E-state index in [2.05, 4.69) is 15.1 Å². The van der Waals surface area contributed by atoms with E-state index in [0.29, 0.717) is 43.9 Å². The minimum absolute atomic E-state index is 0.0160. The van der Waals surface area contributed by atoms with Crippen LogP contribution >= 0.6 is 0 Å². The summed E-state index contributed by atoms with van der Waals surface area (Å²) in [5.41, 5.74) is 1.18. The first-order chi connectivity index (χ1) is 18.2. The predicted molar refractivity (Wildman–Crippen MR) is 131 cm³/mol. The van der Waals surface area contributed by atoms with Crippen molar-refractivity contribution in [1.82, 2.24) is 24.4 Å². The maximum absolute atomic E-state index is 14.7. The number of amides is 2. The van der Waals surface area contributed by atoms with Gasteiger partial charge in [-0.2, -0.15) is 10.1 Å². The Morgan fingerprint density at radius 3 is 2.42 bits per heavy atom. The topological polar surface area (TPSA) is 96.2 Å². The molecule has 2 amide bonds. The van der Waals surface area contributed by atoms with Gasteiger partial charge < -0.3 is 19.1 Å². The highest BCUT2D eigenvalue weighted by Crippen LogP contribution is 2.30. The van der Waals surface area contributed by atoms with Gasteiger partial charge in [0.25, 0.3) is 0 Å². The van der Waals surface area contributed by atoms with Crippen LogP contribution in [0.3, 0.4) is 0 Å². The lowest BCUT2D eigenvalue weighted by molar-refractivity contribution is 0.0600. The molecule has 1 saturated heterocycles. The van der Waals surface area contributed by atoms with Gasteiger partial charge in [-0.15, -0.1) is 0 Å². The third kappa shape index (κ3) is 4.78. The van der Waals surface area contributed by atoms with Gasteiger partial charge in [0.15, 0.2) is 11.6 Å². The number of carbonyl (C=O) groups is 2. The molecule has 13 heteroatoms. The standard InChI is InChI=1S/C25H24F3N7O3/c1-15-9-17(23(36)38-2)14-34(15)22-20(28)13-29-24(31-22)32-5-7-33(8-6-32)25(37)35-21(3-4-30-35)16-10-18(26)12-19(27)11-16/h4,9-14,21H,3,5-8H2,1-2H3. The Labute approximate surface area is 215 Å². The number of halogens is 3. The molecule has 38 heavy (non-hydrogen) atoms. The lowest BCUT2D eigenvalue weighted by atomic mass is 10.0. The average molecular weight is 528 g/mol. The molecule has 10 nitrogen and oxygen atoms in total. The van der Waals surface area contributed by atoms with Crippen molar-refractivity contribution in [2.45, 2.75) is 19.4 Å². The van der Waals surface area contributed by atoms with E-state index in [1.807, 2.05) is 4.90 Å². The third-order valence-corrected chi connectivity index (χ3v) is 6.50. The average Bonchev–Trinajstić information content (AvgIpc) is 3.55. The van der Waals surface area contributed by atoms with Crippen LogP contribution in [0.15, 0.2) is 41.8 Å². The summed E-state index contributed by atoms with van der Waals surface area (Å²) in [6.07, 6.45) is 4.40. The van der Waals surface area contributed by atoms with Gasteiger partial charge in [-0.25, -0.2) is 32.8 Å². The van der Waals surface area contributed by atoms with Gasteiger partial charge in [0.2, 0.25) is 5.95 Å². The number of rotatable bonds is 4. The molecule has 5 rings (SSSR count). The van der Waals surface area contributed by atoms with E-state index in [-0.39, 0.29) is 23.4 Å². The van der Waals surface area contributed by atoms with Gasteiger partial charge in [-0.1, -0.05) is 0 Å². The molecule has 4 heterocycles. The van der Waals surface area contributed by atoms with E-state index in [0.717, 1.165) is 12.3 Å². The van der Waals surface area contributed by atoms with Crippen molar-refractivity contribution in [2.75, 3.05) is 38.2 Å². The highest BCUT2D eigenvalue weighted by molar-refractivity contribution is 5.89. The second kappa shape index (κ2) is 10.1. The molecule has 0 N–H and O–H groups in total. The molecule has 198 valence electrons. The largest absolute Gasteiger partial charge is 0.465 e. The Hall–Kier alpha value is -4.42. The van der Waals surface area contributed by atoms with Crippen molar-refractivity contribution in [3.63, 3.8) is 0 Å². The van der Waals surface area contributed by atoms with E-state index in [1.165, 1.54) is 35.0 Å². The van der Waals surface area contributed by atoms with Crippen LogP contribution in [0.1, 0.15) is 34.1 Å². The molecule has 1 atom stereocenters. The molecular weight excluding hydrogens is 503 g/mol. The summed E-state index contributed by atoms with van der Waals surface area (Å²) in [6, 6.07) is 3.77. The molecular formula is C25H24F3N7O3. The zero-order valence-corrected chi connectivity index (χ0v) is 20.6. The number of hydrazone groups is 1. The van der Waals surface area contributed by atoms with Crippen LogP contribution in [-0.4, -0.2) is 75.9 Å². The summed E-state index contributed by atoms with van der Waals surface area (Å²) in [4.78, 5) is 37.0. The van der Waals surface area contributed by atoms with Gasteiger partial charge in [-0.3, -0.25) is 0 Å². The normalized spacial score (nSPS) is 17.3. The number of nitrogens with zero attached hydrogens (tertiary/aromatic N) is 7. The molecule has 2 aliphatic rings. The van der Waals surface area contributed by atoms with E-state index in [9.17, 15) is 22.8 Å². The number of methoxy groups -OCH3 is 1. The van der Waals surface area contributed by atoms with Gasteiger partial charge in [0.05, 0.1) is 24.9 Å². The van der Waals surface area contributed by atoms with Crippen molar-refractivity contribution < 1.29 is 27.5 Å². The Kier molecular flexibility index (Phi) is 6.74. The number of urea groups is 1. The summed E-state index contributed by atoms with van der Waals surface area (Å²) < 4.78 is 48.3. The number of aromatic nitrogens is 3. The van der Waals surface area contributed by atoms with Crippen LogP contribution < -0.4 is 4.90 Å². The summed E-state index contributed by atoms with van der Waals surface area (Å²) in [7, 11) is 1.26. The zero-order valence-electron chi connectivity index (χ0n) is 20.6. The maximum Gasteiger partial charge on any atom is 0.341 e. The zero-order chi connectivity index (χ0) is 27.0. The van der Waals surface area contributed by atoms with E-state index in [1.54, 1.807) is 24.1 Å². The molecule has 1 fully saturated rings. The van der Waals surface area contributed by atoms with Gasteiger partial charge >= 0.3 is 12.0 Å². The molecule has 0 spiro atoms. The minimum atomic E-state index is -0.719. The Balaban J connectivity index is 1.29. The first-order valence-corrected chi connectivity index (χ1v) is 11.9. The van der Waals surface area contributed by atoms with Crippen LogP contribution in [-0.2, 0) is 4.74 Å². The Morgan fingerprint density at radius 2 is 1.74 bits per heavy atom. The number of anilines is 1. The maximum atomic E-state index is 14.7. The number of ether oxygens (including phenoxy) is 1. The van der Waals surface area contributed by atoms with E-state index < -0.39 is 29.5 Å². The fourth-order valence-electron chi connectivity index (χ4n) is 4.59. The van der Waals surface area contributed by atoms with Crippen molar-refractivity contribution >= 4 is 24.2 Å². The first-order valence-electron chi connectivity index (χ1n) is 11.9. The highest BCUT2D eigenvalue weighted by atomic mass is 19.1. The monoisotopic (exact) mass is 527 g/mol. The SMILES string of the molecule is COC(=O)c1cc(C)n(-c2nc(N3CCN(C(=O)N4N=CCC4c4cc(F)cc(F)c4)CC3)ncc2F)c1. The molecule has 1 aromatic carbocycles. The van der Waals surface area contributed by atoms with Crippen LogP contribution in [0.5, 0.6) is 0 Å². The lowest BCUT2D eigenvalue weighted by Crippen LogP contribution is -2.52. The molecule has 1 unspecified atom stereocenters. The fraction of sp³-hybridized carbons (Fsp3) is 0.320. The van der Waals surface area contributed by atoms with Crippen LogP contribution in [0, 0.1) is 24.4 Å². The number of piperazine rings is 1. The molecule has 0 aliphatic carbocycles. The van der Waals surface area contributed by atoms with Crippen LogP contribution in [0.25, 0.3) is 5.82 Å². The van der Waals surface area contributed by atoms with Crippen molar-refractivity contribution in [3.05, 3.63) is 70.9 Å². The van der Waals surface area contributed by atoms with Gasteiger partial charge in [0, 0.05) is 56.8 Å². The predicted octanol–water partition coefficient (Wildman–Crippen LogP) is 3.45. The molecule has 2 aliphatic heterocycles. The van der Waals surface area contributed by atoms with Crippen LogP contribution in [0.4, 0.5) is 23.9 Å². The van der Waals surface area contributed by atoms with Crippen molar-refractivity contribution in [3.8, 4) is 5.82 Å². The molecule has 3 aromatic rings. The minimum Gasteiger partial charge on any atom is -0.465 e. The van der Waals surface area contributed by atoms with Gasteiger partial charge in [-0.05, 0) is 30.7 Å². The number of carbonyl (C=O) groups excluding carboxylic acids is 2. The Morgan fingerprint density at radius 1 is 1.03 bits per heavy atom. The number of hydrogen-bond acceptors (Lipinski definition) is 7. The second-order valence-electron chi connectivity index (χ2n) is 8.93. The summed E-state index contributed by atoms with van der Waals surface area (Å²) in [5.74, 6) is -2.39. The lowest BCUT2D eigenvalue weighted by Gasteiger charge is -2.37. The quantitative estimate of drug-likeness (QED) is 0.483. The van der Waals surface area contributed by atoms with E-state index >= 15 is 0 Å². The van der Waals surface area contributed by atoms with Gasteiger partial charge in [0.1, 0.15) is 11.6 Å². The van der Waals surface area contributed by atoms with Crippen molar-refractivity contribution in [2.24, 2.45) is 5.10 Å². The van der Waals surface area contributed by atoms with E-state index in [4.69, 9.17) is 4.74 Å². The first kappa shape index (κ1) is 25.2. The molecule has 0 saturated carbocycles. The second-order valence-corrected chi connectivity index (χ2v) is 8.93. The molecule has 2 aromatic heterocycles. The highest BCUT2D eigenvalue weighted by Gasteiger charge is 2.34. The summed E-state index contributed by atoms with van der Waals surface area (Å²) in [5, 5.41) is 5.39. The summed E-state index contributed by atoms with van der Waals surface area (Å²) >= 11 is 0. The number of esters is 1. The number of aryl methyl sites for hydroxylation is 1. The fourth-order valence-corrected chi connectivity index (χ4v) is 4.59. The van der Waals surface area contributed by atoms with Crippen molar-refractivity contribution in [1.29, 1.82) is 0 Å². The molecule has 0 radical (unpaired) electrons. The number of hydrogen-bond donors (Lipinski definition) is 0. The Bertz CT molecular complexity index is 1400.